The van der Waals surface area contributed by atoms with Gasteiger partial charge in [-0.2, -0.15) is 0 Å². The Balaban J connectivity index is 2.42. The highest BCUT2D eigenvalue weighted by atomic mass is 79.9. The van der Waals surface area contributed by atoms with Crippen LogP contribution < -0.4 is 4.90 Å². The van der Waals surface area contributed by atoms with E-state index in [1.54, 1.807) is 31.3 Å². The second-order valence-corrected chi connectivity index (χ2v) is 5.43. The maximum absolute atomic E-state index is 12.6. The predicted molar refractivity (Wildman–Crippen MR) is 83.9 cm³/mol. The first kappa shape index (κ1) is 15.3. The normalized spacial score (nSPS) is 10.4. The number of aryl methyl sites for hydroxylation is 1. The Morgan fingerprint density at radius 3 is 2.62 bits per heavy atom. The molecule has 1 N–H and O–H groups in total. The molecule has 0 spiro atoms. The maximum atomic E-state index is 12.6. The van der Waals surface area contributed by atoms with Crippen LogP contribution in [0.2, 0.25) is 0 Å². The summed E-state index contributed by atoms with van der Waals surface area (Å²) in [7, 11) is 1.57. The van der Waals surface area contributed by atoms with Crippen molar-refractivity contribution in [3.63, 3.8) is 0 Å². The number of aromatic nitrogens is 1. The van der Waals surface area contributed by atoms with Crippen LogP contribution in [-0.2, 0) is 6.54 Å². The minimum Gasteiger partial charge on any atom is -0.478 e. The maximum Gasteiger partial charge on any atom is 0.337 e. The standard InChI is InChI=1S/C15H15BrN2O3/c1-3-18-9-10(16)8-13(18)14(19)17(2)12-7-5-4-6-11(12)15(20)21/h4-9H,3H2,1-2H3,(H,20,21). The van der Waals surface area contributed by atoms with Gasteiger partial charge in [-0.15, -0.1) is 0 Å². The first-order chi connectivity index (χ1) is 9.95. The number of para-hydroxylation sites is 1. The van der Waals surface area contributed by atoms with Crippen molar-refractivity contribution in [2.45, 2.75) is 13.5 Å². The van der Waals surface area contributed by atoms with Crippen LogP contribution in [0.1, 0.15) is 27.8 Å². The molecule has 0 fully saturated rings. The van der Waals surface area contributed by atoms with E-state index in [4.69, 9.17) is 0 Å². The van der Waals surface area contributed by atoms with Gasteiger partial charge in [-0.05, 0) is 41.1 Å². The molecule has 1 amide bonds. The molecule has 6 heteroatoms. The Labute approximate surface area is 130 Å². The first-order valence-electron chi connectivity index (χ1n) is 6.41. The van der Waals surface area contributed by atoms with Gasteiger partial charge in [-0.25, -0.2) is 4.79 Å². The number of hydrogen-bond acceptors (Lipinski definition) is 2. The van der Waals surface area contributed by atoms with E-state index in [0.29, 0.717) is 17.9 Å². The van der Waals surface area contributed by atoms with E-state index < -0.39 is 5.97 Å². The van der Waals surface area contributed by atoms with E-state index in [-0.39, 0.29) is 11.5 Å². The van der Waals surface area contributed by atoms with Gasteiger partial charge in [-0.3, -0.25) is 4.79 Å². The third kappa shape index (κ3) is 3.00. The fraction of sp³-hybridized carbons (Fsp3) is 0.200. The first-order valence-corrected chi connectivity index (χ1v) is 7.21. The summed E-state index contributed by atoms with van der Waals surface area (Å²) in [6.07, 6.45) is 1.82. The number of aromatic carboxylic acids is 1. The molecule has 0 saturated carbocycles. The van der Waals surface area contributed by atoms with E-state index in [1.807, 2.05) is 17.7 Å². The molecule has 1 aromatic heterocycles. The molecule has 0 saturated heterocycles. The second kappa shape index (κ2) is 6.13. The van der Waals surface area contributed by atoms with Crippen molar-refractivity contribution in [3.8, 4) is 0 Å². The Hall–Kier alpha value is -2.08. The monoisotopic (exact) mass is 350 g/mol. The molecule has 2 aromatic rings. The molecule has 1 aromatic carbocycles. The highest BCUT2D eigenvalue weighted by Crippen LogP contribution is 2.23. The van der Waals surface area contributed by atoms with Crippen molar-refractivity contribution in [1.29, 1.82) is 0 Å². The van der Waals surface area contributed by atoms with Crippen molar-refractivity contribution in [1.82, 2.24) is 4.57 Å². The third-order valence-corrected chi connectivity index (χ3v) is 3.66. The number of halogens is 1. The van der Waals surface area contributed by atoms with Gasteiger partial charge in [0.25, 0.3) is 5.91 Å². The lowest BCUT2D eigenvalue weighted by Gasteiger charge is -2.20. The summed E-state index contributed by atoms with van der Waals surface area (Å²) < 4.78 is 2.62. The van der Waals surface area contributed by atoms with E-state index in [0.717, 1.165) is 4.47 Å². The number of carbonyl (C=O) groups excluding carboxylic acids is 1. The zero-order valence-electron chi connectivity index (χ0n) is 11.7. The van der Waals surface area contributed by atoms with Crippen LogP contribution in [-0.4, -0.2) is 28.6 Å². The molecule has 110 valence electrons. The van der Waals surface area contributed by atoms with Crippen molar-refractivity contribution in [3.05, 3.63) is 52.3 Å². The van der Waals surface area contributed by atoms with Crippen LogP contribution in [0.4, 0.5) is 5.69 Å². The van der Waals surface area contributed by atoms with Crippen LogP contribution >= 0.6 is 15.9 Å². The van der Waals surface area contributed by atoms with Gasteiger partial charge in [0.05, 0.1) is 11.3 Å². The highest BCUT2D eigenvalue weighted by Gasteiger charge is 2.21. The van der Waals surface area contributed by atoms with Gasteiger partial charge < -0.3 is 14.6 Å². The molecule has 0 unspecified atom stereocenters. The molecule has 2 rings (SSSR count). The van der Waals surface area contributed by atoms with Crippen molar-refractivity contribution < 1.29 is 14.7 Å². The number of nitrogens with zero attached hydrogens (tertiary/aromatic N) is 2. The number of rotatable bonds is 4. The van der Waals surface area contributed by atoms with Gasteiger partial charge in [0, 0.05) is 24.3 Å². The number of benzene rings is 1. The number of carbonyl (C=O) groups is 2. The molecular weight excluding hydrogens is 336 g/mol. The minimum absolute atomic E-state index is 0.0991. The number of hydrogen-bond donors (Lipinski definition) is 1. The van der Waals surface area contributed by atoms with Gasteiger partial charge >= 0.3 is 5.97 Å². The Bertz CT molecular complexity index is 694. The molecule has 21 heavy (non-hydrogen) atoms. The largest absolute Gasteiger partial charge is 0.478 e. The molecule has 0 bridgehead atoms. The third-order valence-electron chi connectivity index (χ3n) is 3.22. The smallest absolute Gasteiger partial charge is 0.337 e. The average molecular weight is 351 g/mol. The van der Waals surface area contributed by atoms with Gasteiger partial charge in [0.2, 0.25) is 0 Å². The van der Waals surface area contributed by atoms with Crippen LogP contribution in [0.5, 0.6) is 0 Å². The van der Waals surface area contributed by atoms with Gasteiger partial charge in [-0.1, -0.05) is 12.1 Å². The molecule has 0 aliphatic rings. The number of anilines is 1. The fourth-order valence-electron chi connectivity index (χ4n) is 2.14. The van der Waals surface area contributed by atoms with E-state index in [2.05, 4.69) is 15.9 Å². The second-order valence-electron chi connectivity index (χ2n) is 4.52. The summed E-state index contributed by atoms with van der Waals surface area (Å²) in [5, 5.41) is 9.22. The molecular formula is C15H15BrN2O3. The van der Waals surface area contributed by atoms with E-state index >= 15 is 0 Å². The summed E-state index contributed by atoms with van der Waals surface area (Å²) in [5.74, 6) is -1.31. The number of carboxylic acids is 1. The molecule has 0 radical (unpaired) electrons. The Kier molecular flexibility index (Phi) is 4.47. The number of carboxylic acid groups (broad SMARTS) is 1. The zero-order valence-corrected chi connectivity index (χ0v) is 13.3. The molecule has 1 heterocycles. The van der Waals surface area contributed by atoms with Crippen LogP contribution in [0.25, 0.3) is 0 Å². The Morgan fingerprint density at radius 1 is 1.33 bits per heavy atom. The average Bonchev–Trinajstić information content (AvgIpc) is 2.86. The number of amides is 1. The quantitative estimate of drug-likeness (QED) is 0.920. The van der Waals surface area contributed by atoms with E-state index in [1.165, 1.54) is 11.0 Å². The fourth-order valence-corrected chi connectivity index (χ4v) is 2.61. The van der Waals surface area contributed by atoms with Crippen molar-refractivity contribution in [2.75, 3.05) is 11.9 Å². The zero-order chi connectivity index (χ0) is 15.6. The van der Waals surface area contributed by atoms with Crippen molar-refractivity contribution >= 4 is 33.5 Å². The summed E-state index contributed by atoms with van der Waals surface area (Å²) in [6, 6.07) is 8.18. The summed E-state index contributed by atoms with van der Waals surface area (Å²) in [6.45, 7) is 2.59. The van der Waals surface area contributed by atoms with Crippen LogP contribution in [0, 0.1) is 0 Å². The van der Waals surface area contributed by atoms with Gasteiger partial charge in [0.1, 0.15) is 5.69 Å². The van der Waals surface area contributed by atoms with Crippen LogP contribution in [0.3, 0.4) is 0 Å². The lowest BCUT2D eigenvalue weighted by Crippen LogP contribution is -2.29. The van der Waals surface area contributed by atoms with Crippen molar-refractivity contribution in [2.24, 2.45) is 0 Å². The Morgan fingerprint density at radius 2 is 2.00 bits per heavy atom. The molecule has 0 atom stereocenters. The predicted octanol–water partition coefficient (Wildman–Crippen LogP) is 3.25. The summed E-state index contributed by atoms with van der Waals surface area (Å²) in [4.78, 5) is 25.2. The molecule has 0 aliphatic carbocycles. The lowest BCUT2D eigenvalue weighted by molar-refractivity contribution is 0.0697. The van der Waals surface area contributed by atoms with Crippen LogP contribution in [0.15, 0.2) is 41.0 Å². The van der Waals surface area contributed by atoms with E-state index in [9.17, 15) is 14.7 Å². The minimum atomic E-state index is -1.06. The summed E-state index contributed by atoms with van der Waals surface area (Å²) >= 11 is 3.35. The molecule has 5 nitrogen and oxygen atoms in total. The topological polar surface area (TPSA) is 62.5 Å². The summed E-state index contributed by atoms with van der Waals surface area (Å²) in [5.41, 5.74) is 0.976. The van der Waals surface area contributed by atoms with Gasteiger partial charge in [0.15, 0.2) is 0 Å². The highest BCUT2D eigenvalue weighted by molar-refractivity contribution is 9.10. The molecule has 0 aliphatic heterocycles. The lowest BCUT2D eigenvalue weighted by atomic mass is 10.1. The SMILES string of the molecule is CCn1cc(Br)cc1C(=O)N(C)c1ccccc1C(=O)O.